The maximum absolute atomic E-state index is 11.5. The lowest BCUT2D eigenvalue weighted by molar-refractivity contribution is 0.0560. The standard InChI is InChI=1S/C19H19NO4/c1-11-7-8-14(23-16-10-9-15(24-16)19(21)22-2)18-17(11)12-5-3-4-6-13(12)20-18/h6-11,20H,3-5H2,1-2H3. The lowest BCUT2D eigenvalue weighted by Gasteiger charge is -2.15. The number of methoxy groups -OCH3 is 1. The molecule has 2 aliphatic rings. The Balaban J connectivity index is 1.77. The number of hydrogen-bond acceptors (Lipinski definition) is 4. The van der Waals surface area contributed by atoms with E-state index in [9.17, 15) is 4.79 Å². The number of esters is 1. The molecule has 1 atom stereocenters. The fourth-order valence-corrected chi connectivity index (χ4v) is 3.43. The third-order valence-electron chi connectivity index (χ3n) is 4.58. The summed E-state index contributed by atoms with van der Waals surface area (Å²) in [6, 6.07) is 3.17. The number of fused-ring (bicyclic) bond motifs is 3. The van der Waals surface area contributed by atoms with Crippen LogP contribution in [-0.4, -0.2) is 18.1 Å². The predicted molar refractivity (Wildman–Crippen MR) is 89.1 cm³/mol. The van der Waals surface area contributed by atoms with Gasteiger partial charge >= 0.3 is 5.97 Å². The summed E-state index contributed by atoms with van der Waals surface area (Å²) < 4.78 is 15.9. The van der Waals surface area contributed by atoms with Crippen LogP contribution in [0.4, 0.5) is 0 Å². The number of aromatic nitrogens is 1. The van der Waals surface area contributed by atoms with E-state index in [2.05, 4.69) is 28.8 Å². The van der Waals surface area contributed by atoms with Crippen LogP contribution >= 0.6 is 0 Å². The third kappa shape index (κ3) is 2.37. The van der Waals surface area contributed by atoms with Crippen molar-refractivity contribution in [1.29, 1.82) is 0 Å². The first-order valence-corrected chi connectivity index (χ1v) is 8.17. The van der Waals surface area contributed by atoms with Crippen LogP contribution in [0, 0.1) is 0 Å². The number of carbonyl (C=O) groups is 1. The van der Waals surface area contributed by atoms with Crippen molar-refractivity contribution >= 4 is 17.8 Å². The SMILES string of the molecule is COC(=O)c1ccc(OC2=c3[nH]c4c(c3C(C)C=C2)CCCC=4)o1. The van der Waals surface area contributed by atoms with E-state index in [1.54, 1.807) is 12.1 Å². The molecule has 2 aliphatic carbocycles. The molecule has 24 heavy (non-hydrogen) atoms. The summed E-state index contributed by atoms with van der Waals surface area (Å²) in [6.45, 7) is 2.19. The van der Waals surface area contributed by atoms with E-state index < -0.39 is 5.97 Å². The van der Waals surface area contributed by atoms with Crippen LogP contribution in [0.3, 0.4) is 0 Å². The van der Waals surface area contributed by atoms with Gasteiger partial charge in [-0.2, -0.15) is 0 Å². The molecule has 0 bridgehead atoms. The van der Waals surface area contributed by atoms with Gasteiger partial charge in [0.25, 0.3) is 5.95 Å². The van der Waals surface area contributed by atoms with Crippen LogP contribution in [0.25, 0.3) is 11.8 Å². The molecule has 0 fully saturated rings. The number of furan rings is 1. The Morgan fingerprint density at radius 3 is 3.08 bits per heavy atom. The first-order chi connectivity index (χ1) is 11.7. The van der Waals surface area contributed by atoms with Gasteiger partial charge in [-0.15, -0.1) is 0 Å². The number of aromatic amines is 1. The molecule has 0 radical (unpaired) electrons. The molecule has 1 N–H and O–H groups in total. The number of hydrogen-bond donors (Lipinski definition) is 1. The first-order valence-electron chi connectivity index (χ1n) is 8.17. The number of rotatable bonds is 3. The second-order valence-corrected chi connectivity index (χ2v) is 6.13. The summed E-state index contributed by atoms with van der Waals surface area (Å²) >= 11 is 0. The Morgan fingerprint density at radius 1 is 1.38 bits per heavy atom. The number of nitrogens with one attached hydrogen (secondary N) is 1. The van der Waals surface area contributed by atoms with E-state index in [4.69, 9.17) is 9.15 Å². The van der Waals surface area contributed by atoms with Crippen molar-refractivity contribution in [3.8, 4) is 5.95 Å². The summed E-state index contributed by atoms with van der Waals surface area (Å²) in [7, 11) is 1.32. The highest BCUT2D eigenvalue weighted by Gasteiger charge is 2.22. The summed E-state index contributed by atoms with van der Waals surface area (Å²) in [5.41, 5.74) is 2.70. The number of H-pyrrole nitrogens is 1. The Morgan fingerprint density at radius 2 is 2.25 bits per heavy atom. The van der Waals surface area contributed by atoms with E-state index in [1.807, 2.05) is 6.08 Å². The van der Waals surface area contributed by atoms with Gasteiger partial charge in [-0.1, -0.05) is 19.1 Å². The van der Waals surface area contributed by atoms with Gasteiger partial charge in [-0.25, -0.2) is 4.79 Å². The van der Waals surface area contributed by atoms with Gasteiger partial charge in [-0.05, 0) is 42.5 Å². The highest BCUT2D eigenvalue weighted by molar-refractivity contribution is 5.86. The molecule has 0 aromatic carbocycles. The molecule has 2 aromatic rings. The van der Waals surface area contributed by atoms with Gasteiger partial charge in [0.2, 0.25) is 5.76 Å². The van der Waals surface area contributed by atoms with Gasteiger partial charge < -0.3 is 18.9 Å². The molecule has 1 unspecified atom stereocenters. The maximum Gasteiger partial charge on any atom is 0.374 e. The molecular weight excluding hydrogens is 306 g/mol. The third-order valence-corrected chi connectivity index (χ3v) is 4.58. The van der Waals surface area contributed by atoms with Crippen molar-refractivity contribution in [2.75, 3.05) is 7.11 Å². The van der Waals surface area contributed by atoms with Gasteiger partial charge in [0.1, 0.15) is 0 Å². The van der Waals surface area contributed by atoms with Crippen molar-refractivity contribution in [1.82, 2.24) is 4.98 Å². The fourth-order valence-electron chi connectivity index (χ4n) is 3.43. The van der Waals surface area contributed by atoms with Crippen molar-refractivity contribution in [3.05, 3.63) is 51.9 Å². The molecule has 0 amide bonds. The largest absolute Gasteiger partial charge is 0.463 e. The molecule has 5 heteroatoms. The fraction of sp³-hybridized carbons (Fsp3) is 0.316. The summed E-state index contributed by atoms with van der Waals surface area (Å²) in [5, 5.41) is 2.21. The van der Waals surface area contributed by atoms with E-state index in [0.29, 0.717) is 11.7 Å². The lowest BCUT2D eigenvalue weighted by atomic mass is 9.90. The van der Waals surface area contributed by atoms with Crippen molar-refractivity contribution < 1.29 is 18.7 Å². The average molecular weight is 325 g/mol. The zero-order valence-corrected chi connectivity index (χ0v) is 13.7. The van der Waals surface area contributed by atoms with E-state index >= 15 is 0 Å². The van der Waals surface area contributed by atoms with Crippen LogP contribution < -0.4 is 15.4 Å². The van der Waals surface area contributed by atoms with E-state index in [0.717, 1.165) is 18.2 Å². The highest BCUT2D eigenvalue weighted by atomic mass is 16.6. The minimum absolute atomic E-state index is 0.126. The molecule has 2 aromatic heterocycles. The van der Waals surface area contributed by atoms with Crippen LogP contribution in [-0.2, 0) is 11.2 Å². The normalized spacial score (nSPS) is 18.6. The van der Waals surface area contributed by atoms with Crippen LogP contribution in [0.15, 0.2) is 28.7 Å². The maximum atomic E-state index is 11.5. The number of carbonyl (C=O) groups excluding carboxylic acids is 1. The zero-order valence-electron chi connectivity index (χ0n) is 13.7. The predicted octanol–water partition coefficient (Wildman–Crippen LogP) is 2.37. The molecule has 4 rings (SSSR count). The van der Waals surface area contributed by atoms with Crippen LogP contribution in [0.2, 0.25) is 0 Å². The smallest absolute Gasteiger partial charge is 0.374 e. The van der Waals surface area contributed by atoms with Gasteiger partial charge in [0, 0.05) is 17.3 Å². The molecular formula is C19H19NO4. The topological polar surface area (TPSA) is 64.5 Å². The zero-order chi connectivity index (χ0) is 16.7. The van der Waals surface area contributed by atoms with Crippen LogP contribution in [0.5, 0.6) is 5.95 Å². The minimum atomic E-state index is -0.520. The summed E-state index contributed by atoms with van der Waals surface area (Å²) in [4.78, 5) is 15.0. The second kappa shape index (κ2) is 5.74. The molecule has 5 nitrogen and oxygen atoms in total. The Kier molecular flexibility index (Phi) is 3.56. The van der Waals surface area contributed by atoms with Crippen molar-refractivity contribution in [2.45, 2.75) is 32.1 Å². The Hall–Kier alpha value is -2.69. The van der Waals surface area contributed by atoms with E-state index in [-0.39, 0.29) is 11.7 Å². The molecule has 0 saturated carbocycles. The highest BCUT2D eigenvalue weighted by Crippen LogP contribution is 2.26. The minimum Gasteiger partial charge on any atom is -0.463 e. The molecule has 2 heterocycles. The van der Waals surface area contributed by atoms with Crippen molar-refractivity contribution in [3.63, 3.8) is 0 Å². The second-order valence-electron chi connectivity index (χ2n) is 6.13. The number of ether oxygens (including phenoxy) is 2. The van der Waals surface area contributed by atoms with Gasteiger partial charge in [0.15, 0.2) is 5.76 Å². The van der Waals surface area contributed by atoms with Gasteiger partial charge in [-0.3, -0.25) is 0 Å². The molecule has 124 valence electrons. The molecule has 0 aliphatic heterocycles. The molecule has 0 saturated heterocycles. The van der Waals surface area contributed by atoms with Crippen LogP contribution in [0.1, 0.15) is 47.4 Å². The monoisotopic (exact) mass is 325 g/mol. The van der Waals surface area contributed by atoms with Gasteiger partial charge in [0.05, 0.1) is 12.5 Å². The van der Waals surface area contributed by atoms with E-state index in [1.165, 1.54) is 30.0 Å². The summed E-state index contributed by atoms with van der Waals surface area (Å²) in [5.74, 6) is 0.929. The first kappa shape index (κ1) is 14.9. The lowest BCUT2D eigenvalue weighted by Crippen LogP contribution is -2.21. The summed E-state index contributed by atoms with van der Waals surface area (Å²) in [6.07, 6.45) is 9.72. The van der Waals surface area contributed by atoms with Crippen molar-refractivity contribution in [2.24, 2.45) is 0 Å². The Labute approximate surface area is 139 Å². The Bertz CT molecular complexity index is 945. The molecule has 0 spiro atoms. The number of allylic oxidation sites excluding steroid dienone is 1. The quantitative estimate of drug-likeness (QED) is 0.880. The average Bonchev–Trinajstić information content (AvgIpc) is 3.21.